The molecular weight excluding hydrogens is 304 g/mol. The van der Waals surface area contributed by atoms with Crippen LogP contribution < -0.4 is 0 Å². The van der Waals surface area contributed by atoms with Gasteiger partial charge in [-0.2, -0.15) is 0 Å². The monoisotopic (exact) mass is 328 g/mol. The molecule has 1 amide bonds. The summed E-state index contributed by atoms with van der Waals surface area (Å²) >= 11 is 0. The van der Waals surface area contributed by atoms with Crippen molar-refractivity contribution in [3.8, 4) is 0 Å². The molecule has 2 aliphatic rings. The highest BCUT2D eigenvalue weighted by Crippen LogP contribution is 2.33. The number of likely N-dealkylation sites (tertiary alicyclic amines) is 1. The third-order valence-electron chi connectivity index (χ3n) is 5.22. The van der Waals surface area contributed by atoms with E-state index in [-0.39, 0.29) is 17.9 Å². The van der Waals surface area contributed by atoms with Crippen molar-refractivity contribution in [3.05, 3.63) is 30.1 Å². The van der Waals surface area contributed by atoms with E-state index < -0.39 is 0 Å². The van der Waals surface area contributed by atoms with Crippen LogP contribution in [0.5, 0.6) is 0 Å². The SMILES string of the molecule is Cc1cc2cncn2c(C2CCCCN2C(=O)C2CCOCC2)n1. The fraction of sp³-hybridized carbons (Fsp3) is 0.611. The molecule has 0 bridgehead atoms. The van der Waals surface area contributed by atoms with E-state index >= 15 is 0 Å². The van der Waals surface area contributed by atoms with Gasteiger partial charge >= 0.3 is 0 Å². The highest BCUT2D eigenvalue weighted by molar-refractivity contribution is 5.79. The van der Waals surface area contributed by atoms with Crippen LogP contribution in [0, 0.1) is 12.8 Å². The number of carbonyl (C=O) groups excluding carboxylic acids is 1. The van der Waals surface area contributed by atoms with E-state index in [9.17, 15) is 4.79 Å². The van der Waals surface area contributed by atoms with Crippen LogP contribution in [0.3, 0.4) is 0 Å². The van der Waals surface area contributed by atoms with Gasteiger partial charge in [-0.25, -0.2) is 9.97 Å². The van der Waals surface area contributed by atoms with Gasteiger partial charge in [-0.15, -0.1) is 0 Å². The van der Waals surface area contributed by atoms with Crippen molar-refractivity contribution in [1.29, 1.82) is 0 Å². The van der Waals surface area contributed by atoms with E-state index in [0.717, 1.165) is 55.7 Å². The summed E-state index contributed by atoms with van der Waals surface area (Å²) in [4.78, 5) is 24.2. The van der Waals surface area contributed by atoms with Gasteiger partial charge in [0.25, 0.3) is 0 Å². The number of piperidine rings is 1. The second kappa shape index (κ2) is 6.51. The molecule has 24 heavy (non-hydrogen) atoms. The Morgan fingerprint density at radius 3 is 2.92 bits per heavy atom. The molecule has 0 radical (unpaired) electrons. The predicted octanol–water partition coefficient (Wildman–Crippen LogP) is 2.52. The topological polar surface area (TPSA) is 59.7 Å². The number of fused-ring (bicyclic) bond motifs is 1. The van der Waals surface area contributed by atoms with Crippen molar-refractivity contribution in [1.82, 2.24) is 19.3 Å². The molecule has 0 saturated carbocycles. The lowest BCUT2D eigenvalue weighted by molar-refractivity contribution is -0.142. The lowest BCUT2D eigenvalue weighted by Crippen LogP contribution is -2.44. The number of aromatic nitrogens is 3. The van der Waals surface area contributed by atoms with Gasteiger partial charge in [-0.05, 0) is 45.1 Å². The Morgan fingerprint density at radius 2 is 2.08 bits per heavy atom. The molecule has 4 rings (SSSR count). The average molecular weight is 328 g/mol. The molecule has 0 N–H and O–H groups in total. The zero-order chi connectivity index (χ0) is 16.5. The molecule has 2 aromatic heterocycles. The van der Waals surface area contributed by atoms with Crippen molar-refractivity contribution in [2.45, 2.75) is 45.1 Å². The number of hydrogen-bond acceptors (Lipinski definition) is 4. The van der Waals surface area contributed by atoms with Crippen molar-refractivity contribution in [2.75, 3.05) is 19.8 Å². The van der Waals surface area contributed by atoms with Crippen LogP contribution >= 0.6 is 0 Å². The van der Waals surface area contributed by atoms with Crippen LogP contribution in [-0.4, -0.2) is 44.9 Å². The number of amides is 1. The van der Waals surface area contributed by atoms with Crippen molar-refractivity contribution >= 4 is 11.4 Å². The molecule has 2 fully saturated rings. The molecule has 4 heterocycles. The molecule has 6 heteroatoms. The zero-order valence-electron chi connectivity index (χ0n) is 14.1. The highest BCUT2D eigenvalue weighted by atomic mass is 16.5. The quantitative estimate of drug-likeness (QED) is 0.850. The van der Waals surface area contributed by atoms with Crippen LogP contribution in [0.15, 0.2) is 18.6 Å². The summed E-state index contributed by atoms with van der Waals surface area (Å²) in [6, 6.07) is 2.08. The normalized spacial score (nSPS) is 22.9. The molecule has 0 spiro atoms. The van der Waals surface area contributed by atoms with Gasteiger partial charge in [0, 0.05) is 31.4 Å². The molecule has 1 unspecified atom stereocenters. The van der Waals surface area contributed by atoms with Gasteiger partial charge in [0.1, 0.15) is 12.2 Å². The minimum Gasteiger partial charge on any atom is -0.381 e. The van der Waals surface area contributed by atoms with Crippen LogP contribution in [0.1, 0.15) is 49.7 Å². The maximum Gasteiger partial charge on any atom is 0.226 e. The van der Waals surface area contributed by atoms with E-state index in [1.165, 1.54) is 0 Å². The lowest BCUT2D eigenvalue weighted by atomic mass is 9.94. The van der Waals surface area contributed by atoms with E-state index in [0.29, 0.717) is 13.2 Å². The fourth-order valence-electron chi connectivity index (χ4n) is 3.96. The molecular formula is C18H24N4O2. The molecule has 0 aromatic carbocycles. The molecule has 1 atom stereocenters. The van der Waals surface area contributed by atoms with Crippen LogP contribution in [0.2, 0.25) is 0 Å². The molecule has 2 saturated heterocycles. The smallest absolute Gasteiger partial charge is 0.226 e. The maximum absolute atomic E-state index is 13.1. The summed E-state index contributed by atoms with van der Waals surface area (Å²) in [6.45, 7) is 4.23. The van der Waals surface area contributed by atoms with Crippen molar-refractivity contribution in [2.24, 2.45) is 5.92 Å². The summed E-state index contributed by atoms with van der Waals surface area (Å²) in [5.41, 5.74) is 2.02. The first kappa shape index (κ1) is 15.6. The largest absolute Gasteiger partial charge is 0.381 e. The number of ether oxygens (including phenoxy) is 1. The Bertz CT molecular complexity index is 736. The van der Waals surface area contributed by atoms with Gasteiger partial charge in [0.05, 0.1) is 17.8 Å². The number of rotatable bonds is 2. The van der Waals surface area contributed by atoms with E-state index in [4.69, 9.17) is 9.72 Å². The van der Waals surface area contributed by atoms with Crippen molar-refractivity contribution in [3.63, 3.8) is 0 Å². The summed E-state index contributed by atoms with van der Waals surface area (Å²) < 4.78 is 7.45. The number of imidazole rings is 1. The molecule has 128 valence electrons. The van der Waals surface area contributed by atoms with Crippen LogP contribution in [-0.2, 0) is 9.53 Å². The molecule has 2 aliphatic heterocycles. The van der Waals surface area contributed by atoms with Gasteiger partial charge < -0.3 is 9.64 Å². The summed E-state index contributed by atoms with van der Waals surface area (Å²) in [5.74, 6) is 1.32. The van der Waals surface area contributed by atoms with E-state index in [1.54, 1.807) is 0 Å². The van der Waals surface area contributed by atoms with Gasteiger partial charge in [0.15, 0.2) is 0 Å². The Hall–Kier alpha value is -1.95. The summed E-state index contributed by atoms with van der Waals surface area (Å²) in [6.07, 6.45) is 8.51. The number of aryl methyl sites for hydroxylation is 1. The Balaban J connectivity index is 1.68. The molecule has 0 aliphatic carbocycles. The van der Waals surface area contributed by atoms with Crippen molar-refractivity contribution < 1.29 is 9.53 Å². The number of carbonyl (C=O) groups is 1. The maximum atomic E-state index is 13.1. The fourth-order valence-corrected chi connectivity index (χ4v) is 3.96. The first-order valence-electron chi connectivity index (χ1n) is 8.92. The zero-order valence-corrected chi connectivity index (χ0v) is 14.1. The molecule has 6 nitrogen and oxygen atoms in total. The highest BCUT2D eigenvalue weighted by Gasteiger charge is 2.34. The Labute approximate surface area is 141 Å². The molecule has 2 aromatic rings. The minimum absolute atomic E-state index is 0.0469. The Morgan fingerprint density at radius 1 is 1.25 bits per heavy atom. The second-order valence-electron chi connectivity index (χ2n) is 6.87. The third kappa shape index (κ3) is 2.79. The minimum atomic E-state index is 0.0469. The second-order valence-corrected chi connectivity index (χ2v) is 6.87. The van der Waals surface area contributed by atoms with Crippen LogP contribution in [0.4, 0.5) is 0 Å². The number of hydrogen-bond donors (Lipinski definition) is 0. The Kier molecular flexibility index (Phi) is 4.22. The summed E-state index contributed by atoms with van der Waals surface area (Å²) in [7, 11) is 0. The van der Waals surface area contributed by atoms with Gasteiger partial charge in [-0.3, -0.25) is 9.20 Å². The predicted molar refractivity (Wildman–Crippen MR) is 89.6 cm³/mol. The van der Waals surface area contributed by atoms with E-state index in [2.05, 4.69) is 9.88 Å². The standard InChI is InChI=1S/C18H24N4O2/c1-13-10-15-11-19-12-22(15)17(20-13)16-4-2-3-7-21(16)18(23)14-5-8-24-9-6-14/h10-12,14,16H,2-9H2,1H3. The van der Waals surface area contributed by atoms with Gasteiger partial charge in [-0.1, -0.05) is 0 Å². The first-order valence-corrected chi connectivity index (χ1v) is 8.92. The summed E-state index contributed by atoms with van der Waals surface area (Å²) in [5, 5.41) is 0. The van der Waals surface area contributed by atoms with Crippen LogP contribution in [0.25, 0.3) is 5.52 Å². The van der Waals surface area contributed by atoms with Gasteiger partial charge in [0.2, 0.25) is 5.91 Å². The number of nitrogens with zero attached hydrogens (tertiary/aromatic N) is 4. The third-order valence-corrected chi connectivity index (χ3v) is 5.22. The average Bonchev–Trinajstić information content (AvgIpc) is 3.09. The lowest BCUT2D eigenvalue weighted by Gasteiger charge is -2.38. The first-order chi connectivity index (χ1) is 11.7. The van der Waals surface area contributed by atoms with E-state index in [1.807, 2.05) is 29.9 Å².